The molecule has 7 heteroatoms. The number of anilines is 1. The zero-order valence-electron chi connectivity index (χ0n) is 16.2. The van der Waals surface area contributed by atoms with Gasteiger partial charge in [-0.1, -0.05) is 18.2 Å². The molecular formula is C22H21N5O2. The molecule has 29 heavy (non-hydrogen) atoms. The van der Waals surface area contributed by atoms with Crippen LogP contribution in [0.5, 0.6) is 11.5 Å². The summed E-state index contributed by atoms with van der Waals surface area (Å²) in [6.07, 6.45) is 1.88. The largest absolute Gasteiger partial charge is 0.457 e. The Kier molecular flexibility index (Phi) is 5.11. The molecule has 0 saturated heterocycles. The lowest BCUT2D eigenvalue weighted by Crippen LogP contribution is -2.31. The van der Waals surface area contributed by atoms with Crippen molar-refractivity contribution in [2.45, 2.75) is 13.5 Å². The van der Waals surface area contributed by atoms with Crippen molar-refractivity contribution in [3.05, 3.63) is 84.3 Å². The monoisotopic (exact) mass is 387 g/mol. The smallest absolute Gasteiger partial charge is 0.321 e. The first-order chi connectivity index (χ1) is 14.1. The van der Waals surface area contributed by atoms with Crippen molar-refractivity contribution < 1.29 is 9.53 Å². The summed E-state index contributed by atoms with van der Waals surface area (Å²) in [6, 6.07) is 20.6. The first-order valence-corrected chi connectivity index (χ1v) is 9.24. The van der Waals surface area contributed by atoms with Gasteiger partial charge in [-0.3, -0.25) is 4.40 Å². The highest BCUT2D eigenvalue weighted by Gasteiger charge is 2.13. The summed E-state index contributed by atoms with van der Waals surface area (Å²) in [4.78, 5) is 14.1. The average molecular weight is 387 g/mol. The fourth-order valence-corrected chi connectivity index (χ4v) is 2.92. The quantitative estimate of drug-likeness (QED) is 0.547. The molecule has 0 saturated carbocycles. The summed E-state index contributed by atoms with van der Waals surface area (Å²) in [5.74, 6) is 2.18. The van der Waals surface area contributed by atoms with E-state index in [1.807, 2.05) is 84.3 Å². The van der Waals surface area contributed by atoms with E-state index in [1.165, 1.54) is 0 Å². The third kappa shape index (κ3) is 4.35. The second-order valence-corrected chi connectivity index (χ2v) is 6.77. The Bertz CT molecular complexity index is 1140. The molecule has 4 aromatic rings. The van der Waals surface area contributed by atoms with E-state index >= 15 is 0 Å². The first kappa shape index (κ1) is 18.5. The SMILES string of the molecule is Cc1cccc(Oc2ccc(NC(=O)N(C)Cc3nnc4ccccn34)cc2)c1. The summed E-state index contributed by atoms with van der Waals surface area (Å²) in [6.45, 7) is 2.36. The zero-order valence-corrected chi connectivity index (χ0v) is 16.2. The highest BCUT2D eigenvalue weighted by molar-refractivity contribution is 5.89. The molecule has 2 heterocycles. The minimum Gasteiger partial charge on any atom is -0.457 e. The van der Waals surface area contributed by atoms with Crippen LogP contribution in [-0.2, 0) is 6.54 Å². The van der Waals surface area contributed by atoms with Crippen molar-refractivity contribution in [1.29, 1.82) is 0 Å². The highest BCUT2D eigenvalue weighted by atomic mass is 16.5. The number of rotatable bonds is 5. The minimum atomic E-state index is -0.231. The number of amides is 2. The number of hydrogen-bond donors (Lipinski definition) is 1. The molecule has 2 aromatic carbocycles. The molecule has 7 nitrogen and oxygen atoms in total. The number of nitrogens with zero attached hydrogens (tertiary/aromatic N) is 4. The maximum Gasteiger partial charge on any atom is 0.321 e. The first-order valence-electron chi connectivity index (χ1n) is 9.24. The summed E-state index contributed by atoms with van der Waals surface area (Å²) in [5.41, 5.74) is 2.57. The molecule has 0 aliphatic carbocycles. The van der Waals surface area contributed by atoms with Gasteiger partial charge >= 0.3 is 6.03 Å². The molecule has 0 atom stereocenters. The number of pyridine rings is 1. The zero-order chi connectivity index (χ0) is 20.2. The van der Waals surface area contributed by atoms with Crippen LogP contribution in [0.3, 0.4) is 0 Å². The summed E-state index contributed by atoms with van der Waals surface area (Å²) in [5, 5.41) is 11.1. The Morgan fingerprint density at radius 1 is 1.03 bits per heavy atom. The summed E-state index contributed by atoms with van der Waals surface area (Å²) >= 11 is 0. The summed E-state index contributed by atoms with van der Waals surface area (Å²) in [7, 11) is 1.72. The predicted octanol–water partition coefficient (Wildman–Crippen LogP) is 4.49. The van der Waals surface area contributed by atoms with Gasteiger partial charge in [0.05, 0.1) is 6.54 Å². The van der Waals surface area contributed by atoms with E-state index in [0.29, 0.717) is 23.8 Å². The average Bonchev–Trinajstić information content (AvgIpc) is 3.12. The maximum absolute atomic E-state index is 12.5. The van der Waals surface area contributed by atoms with Crippen LogP contribution in [0.15, 0.2) is 72.9 Å². The molecule has 0 aliphatic heterocycles. The normalized spacial score (nSPS) is 10.7. The third-order valence-corrected chi connectivity index (χ3v) is 4.44. The summed E-state index contributed by atoms with van der Waals surface area (Å²) < 4.78 is 7.70. The van der Waals surface area contributed by atoms with Gasteiger partial charge in [0.15, 0.2) is 11.5 Å². The van der Waals surface area contributed by atoms with Gasteiger partial charge in [0.1, 0.15) is 11.5 Å². The fourth-order valence-electron chi connectivity index (χ4n) is 2.92. The number of carbonyl (C=O) groups excluding carboxylic acids is 1. The van der Waals surface area contributed by atoms with Gasteiger partial charge in [-0.15, -0.1) is 10.2 Å². The Morgan fingerprint density at radius 3 is 2.66 bits per heavy atom. The molecule has 0 spiro atoms. The Hall–Kier alpha value is -3.87. The number of aryl methyl sites for hydroxylation is 1. The van der Waals surface area contributed by atoms with E-state index in [4.69, 9.17) is 4.74 Å². The maximum atomic E-state index is 12.5. The molecule has 2 aromatic heterocycles. The van der Waals surface area contributed by atoms with E-state index in [-0.39, 0.29) is 6.03 Å². The van der Waals surface area contributed by atoms with Gasteiger partial charge in [-0.05, 0) is 61.0 Å². The van der Waals surface area contributed by atoms with Gasteiger partial charge in [0.2, 0.25) is 0 Å². The number of hydrogen-bond acceptors (Lipinski definition) is 4. The van der Waals surface area contributed by atoms with E-state index in [9.17, 15) is 4.79 Å². The Morgan fingerprint density at radius 2 is 1.86 bits per heavy atom. The Labute approximate surface area is 168 Å². The van der Waals surface area contributed by atoms with Gasteiger partial charge in [0.25, 0.3) is 0 Å². The predicted molar refractivity (Wildman–Crippen MR) is 111 cm³/mol. The number of ether oxygens (including phenoxy) is 1. The standard InChI is InChI=1S/C22H21N5O2/c1-16-6-5-7-19(14-16)29-18-11-9-17(10-12-18)23-22(28)26(2)15-21-25-24-20-8-3-4-13-27(20)21/h3-14H,15H2,1-2H3,(H,23,28). The third-order valence-electron chi connectivity index (χ3n) is 4.44. The molecule has 0 unspecified atom stereocenters. The number of urea groups is 1. The van der Waals surface area contributed by atoms with Crippen molar-refractivity contribution in [3.8, 4) is 11.5 Å². The van der Waals surface area contributed by atoms with Crippen LogP contribution in [0, 0.1) is 6.92 Å². The van der Waals surface area contributed by atoms with Gasteiger partial charge in [-0.2, -0.15) is 0 Å². The van der Waals surface area contributed by atoms with E-state index in [0.717, 1.165) is 17.0 Å². The van der Waals surface area contributed by atoms with Crippen molar-refractivity contribution in [2.75, 3.05) is 12.4 Å². The number of fused-ring (bicyclic) bond motifs is 1. The van der Waals surface area contributed by atoms with Crippen LogP contribution in [0.25, 0.3) is 5.65 Å². The number of benzene rings is 2. The van der Waals surface area contributed by atoms with Gasteiger partial charge in [0, 0.05) is 18.9 Å². The van der Waals surface area contributed by atoms with Crippen LogP contribution < -0.4 is 10.1 Å². The molecule has 1 N–H and O–H groups in total. The molecule has 0 fully saturated rings. The van der Waals surface area contributed by atoms with Crippen LogP contribution in [0.2, 0.25) is 0 Å². The molecule has 0 aliphatic rings. The van der Waals surface area contributed by atoms with Gasteiger partial charge < -0.3 is 15.0 Å². The van der Waals surface area contributed by atoms with Crippen LogP contribution >= 0.6 is 0 Å². The fraction of sp³-hybridized carbons (Fsp3) is 0.136. The van der Waals surface area contributed by atoms with Gasteiger partial charge in [-0.25, -0.2) is 4.79 Å². The number of aromatic nitrogens is 3. The van der Waals surface area contributed by atoms with Crippen molar-refractivity contribution >= 4 is 17.4 Å². The van der Waals surface area contributed by atoms with Crippen molar-refractivity contribution in [2.24, 2.45) is 0 Å². The van der Waals surface area contributed by atoms with E-state index in [1.54, 1.807) is 11.9 Å². The molecule has 146 valence electrons. The van der Waals surface area contributed by atoms with Crippen molar-refractivity contribution in [1.82, 2.24) is 19.5 Å². The lowest BCUT2D eigenvalue weighted by atomic mass is 10.2. The second-order valence-electron chi connectivity index (χ2n) is 6.77. The lowest BCUT2D eigenvalue weighted by molar-refractivity contribution is 0.219. The second kappa shape index (κ2) is 8.02. The van der Waals surface area contributed by atoms with Crippen LogP contribution in [0.4, 0.5) is 10.5 Å². The number of carbonyl (C=O) groups is 1. The minimum absolute atomic E-state index is 0.231. The number of nitrogens with one attached hydrogen (secondary N) is 1. The van der Waals surface area contributed by atoms with Crippen LogP contribution in [-0.4, -0.2) is 32.6 Å². The lowest BCUT2D eigenvalue weighted by Gasteiger charge is -2.17. The molecule has 0 radical (unpaired) electrons. The van der Waals surface area contributed by atoms with Crippen molar-refractivity contribution in [3.63, 3.8) is 0 Å². The Balaban J connectivity index is 1.37. The molecule has 2 amide bonds. The molecule has 4 rings (SSSR count). The topological polar surface area (TPSA) is 71.8 Å². The van der Waals surface area contributed by atoms with Crippen LogP contribution in [0.1, 0.15) is 11.4 Å². The van der Waals surface area contributed by atoms with E-state index in [2.05, 4.69) is 15.5 Å². The highest BCUT2D eigenvalue weighted by Crippen LogP contribution is 2.23. The molecular weight excluding hydrogens is 366 g/mol. The molecule has 0 bridgehead atoms. The van der Waals surface area contributed by atoms with E-state index < -0.39 is 0 Å².